The Bertz CT molecular complexity index is 390. The lowest BCUT2D eigenvalue weighted by Crippen LogP contribution is -2.33. The van der Waals surface area contributed by atoms with Crippen molar-refractivity contribution in [3.63, 3.8) is 0 Å². The van der Waals surface area contributed by atoms with Gasteiger partial charge in [-0.05, 0) is 48.3 Å². The monoisotopic (exact) mass is 261 g/mol. The van der Waals surface area contributed by atoms with Crippen LogP contribution in [0.25, 0.3) is 0 Å². The van der Waals surface area contributed by atoms with Crippen LogP contribution in [-0.4, -0.2) is 7.11 Å². The number of hydrogen-bond acceptors (Lipinski definition) is 2. The Labute approximate surface area is 117 Å². The third kappa shape index (κ3) is 3.11. The van der Waals surface area contributed by atoms with Crippen molar-refractivity contribution in [2.45, 2.75) is 52.0 Å². The molecule has 1 aliphatic rings. The van der Waals surface area contributed by atoms with Crippen LogP contribution < -0.4 is 10.5 Å². The molecule has 0 saturated heterocycles. The van der Waals surface area contributed by atoms with Crippen LogP contribution in [0.15, 0.2) is 24.3 Å². The van der Waals surface area contributed by atoms with Crippen molar-refractivity contribution in [1.82, 2.24) is 0 Å². The summed E-state index contributed by atoms with van der Waals surface area (Å²) in [5.74, 6) is 1.61. The van der Waals surface area contributed by atoms with E-state index < -0.39 is 0 Å². The average Bonchev–Trinajstić information content (AvgIpc) is 2.87. The summed E-state index contributed by atoms with van der Waals surface area (Å²) in [6.45, 7) is 4.61. The lowest BCUT2D eigenvalue weighted by Gasteiger charge is -2.37. The van der Waals surface area contributed by atoms with Gasteiger partial charge >= 0.3 is 0 Å². The van der Waals surface area contributed by atoms with Crippen molar-refractivity contribution in [3.8, 4) is 5.75 Å². The third-order valence-corrected chi connectivity index (χ3v) is 4.55. The van der Waals surface area contributed by atoms with E-state index in [0.717, 1.165) is 5.75 Å². The second kappa shape index (κ2) is 5.96. The minimum atomic E-state index is 0.156. The molecule has 2 rings (SSSR count). The van der Waals surface area contributed by atoms with Gasteiger partial charge in [-0.3, -0.25) is 0 Å². The Morgan fingerprint density at radius 1 is 1.16 bits per heavy atom. The molecule has 2 N–H and O–H groups in total. The number of hydrogen-bond donors (Lipinski definition) is 1. The molecule has 1 saturated carbocycles. The van der Waals surface area contributed by atoms with E-state index in [0.29, 0.717) is 11.3 Å². The van der Waals surface area contributed by atoms with Crippen LogP contribution in [0.3, 0.4) is 0 Å². The predicted molar refractivity (Wildman–Crippen MR) is 80.3 cm³/mol. The van der Waals surface area contributed by atoms with Gasteiger partial charge in [0.05, 0.1) is 7.11 Å². The lowest BCUT2D eigenvalue weighted by molar-refractivity contribution is 0.183. The van der Waals surface area contributed by atoms with Gasteiger partial charge in [0.25, 0.3) is 0 Å². The van der Waals surface area contributed by atoms with Gasteiger partial charge in [-0.2, -0.15) is 0 Å². The first kappa shape index (κ1) is 14.4. The van der Waals surface area contributed by atoms with E-state index in [1.165, 1.54) is 37.7 Å². The molecule has 0 aromatic heterocycles. The van der Waals surface area contributed by atoms with Gasteiger partial charge < -0.3 is 10.5 Å². The van der Waals surface area contributed by atoms with Crippen LogP contribution in [0.2, 0.25) is 0 Å². The average molecular weight is 261 g/mol. The minimum absolute atomic E-state index is 0.156. The Kier molecular flexibility index (Phi) is 4.51. The van der Waals surface area contributed by atoms with Crippen LogP contribution in [0, 0.1) is 11.3 Å². The summed E-state index contributed by atoms with van der Waals surface area (Å²) in [5.41, 5.74) is 8.20. The Balaban J connectivity index is 2.20. The molecule has 1 atom stereocenters. The number of benzene rings is 1. The molecule has 0 aliphatic heterocycles. The second-order valence-electron chi connectivity index (χ2n) is 6.42. The highest BCUT2D eigenvalue weighted by Crippen LogP contribution is 2.50. The number of rotatable bonds is 5. The highest BCUT2D eigenvalue weighted by Gasteiger charge is 2.40. The summed E-state index contributed by atoms with van der Waals surface area (Å²) >= 11 is 0. The molecule has 1 aromatic rings. The first-order valence-corrected chi connectivity index (χ1v) is 7.47. The molecular weight excluding hydrogens is 234 g/mol. The van der Waals surface area contributed by atoms with Crippen LogP contribution >= 0.6 is 0 Å². The van der Waals surface area contributed by atoms with E-state index >= 15 is 0 Å². The summed E-state index contributed by atoms with van der Waals surface area (Å²) < 4.78 is 5.22. The Morgan fingerprint density at radius 2 is 1.74 bits per heavy atom. The fourth-order valence-corrected chi connectivity index (χ4v) is 3.70. The summed E-state index contributed by atoms with van der Waals surface area (Å²) in [6.07, 6.45) is 6.45. The summed E-state index contributed by atoms with van der Waals surface area (Å²) in [5, 5.41) is 0. The van der Waals surface area contributed by atoms with Gasteiger partial charge in [0, 0.05) is 6.04 Å². The third-order valence-electron chi connectivity index (χ3n) is 4.55. The molecule has 0 amide bonds. The number of methoxy groups -OCH3 is 1. The smallest absolute Gasteiger partial charge is 0.118 e. The van der Waals surface area contributed by atoms with E-state index in [4.69, 9.17) is 10.5 Å². The molecule has 0 spiro atoms. The van der Waals surface area contributed by atoms with Crippen molar-refractivity contribution < 1.29 is 4.74 Å². The van der Waals surface area contributed by atoms with Crippen LogP contribution in [-0.2, 0) is 0 Å². The highest BCUT2D eigenvalue weighted by atomic mass is 16.5. The normalized spacial score (nSPS) is 19.6. The van der Waals surface area contributed by atoms with Gasteiger partial charge in [0.2, 0.25) is 0 Å². The van der Waals surface area contributed by atoms with Crippen molar-refractivity contribution in [1.29, 1.82) is 0 Å². The van der Waals surface area contributed by atoms with Gasteiger partial charge in [0.15, 0.2) is 0 Å². The zero-order valence-electron chi connectivity index (χ0n) is 12.5. The molecule has 0 bridgehead atoms. The molecule has 1 fully saturated rings. The fraction of sp³-hybridized carbons (Fsp3) is 0.647. The maximum Gasteiger partial charge on any atom is 0.118 e. The van der Waals surface area contributed by atoms with Gasteiger partial charge in [-0.25, -0.2) is 0 Å². The Hall–Kier alpha value is -1.02. The van der Waals surface area contributed by atoms with Crippen LogP contribution in [0.1, 0.15) is 57.6 Å². The van der Waals surface area contributed by atoms with E-state index in [9.17, 15) is 0 Å². The molecule has 0 radical (unpaired) electrons. The molecule has 19 heavy (non-hydrogen) atoms. The summed E-state index contributed by atoms with van der Waals surface area (Å²) in [4.78, 5) is 0. The maximum atomic E-state index is 6.63. The molecule has 1 aromatic carbocycles. The highest BCUT2D eigenvalue weighted by molar-refractivity contribution is 5.30. The maximum absolute atomic E-state index is 6.63. The number of nitrogens with two attached hydrogens (primary N) is 1. The van der Waals surface area contributed by atoms with Crippen molar-refractivity contribution in [2.24, 2.45) is 17.1 Å². The predicted octanol–water partition coefficient (Wildman–Crippen LogP) is 4.30. The van der Waals surface area contributed by atoms with E-state index in [1.807, 2.05) is 12.1 Å². The van der Waals surface area contributed by atoms with Crippen LogP contribution in [0.5, 0.6) is 5.75 Å². The van der Waals surface area contributed by atoms with Crippen molar-refractivity contribution >= 4 is 0 Å². The molecule has 1 unspecified atom stereocenters. The molecule has 2 nitrogen and oxygen atoms in total. The molecule has 0 heterocycles. The summed E-state index contributed by atoms with van der Waals surface area (Å²) in [7, 11) is 1.70. The SMILES string of the molecule is COc1ccc(C(N)C2(CC(C)C)CCCC2)cc1. The van der Waals surface area contributed by atoms with Gasteiger partial charge in [0.1, 0.15) is 5.75 Å². The Morgan fingerprint density at radius 3 is 2.21 bits per heavy atom. The zero-order valence-corrected chi connectivity index (χ0v) is 12.5. The lowest BCUT2D eigenvalue weighted by atomic mass is 9.71. The number of ether oxygens (including phenoxy) is 1. The van der Waals surface area contributed by atoms with Gasteiger partial charge in [-0.15, -0.1) is 0 Å². The first-order valence-electron chi connectivity index (χ1n) is 7.47. The van der Waals surface area contributed by atoms with Crippen molar-refractivity contribution in [3.05, 3.63) is 29.8 Å². The minimum Gasteiger partial charge on any atom is -0.497 e. The molecular formula is C17H27NO. The second-order valence-corrected chi connectivity index (χ2v) is 6.42. The topological polar surface area (TPSA) is 35.2 Å². The largest absolute Gasteiger partial charge is 0.497 e. The summed E-state index contributed by atoms with van der Waals surface area (Å²) in [6, 6.07) is 8.46. The van der Waals surface area contributed by atoms with E-state index in [2.05, 4.69) is 26.0 Å². The standard InChI is InChI=1S/C17H27NO/c1-13(2)12-17(10-4-5-11-17)16(18)14-6-8-15(19-3)9-7-14/h6-9,13,16H,4-5,10-12,18H2,1-3H3. The van der Waals surface area contributed by atoms with Crippen molar-refractivity contribution in [2.75, 3.05) is 7.11 Å². The zero-order chi connectivity index (χ0) is 13.9. The van der Waals surface area contributed by atoms with E-state index in [1.54, 1.807) is 7.11 Å². The molecule has 2 heteroatoms. The molecule has 1 aliphatic carbocycles. The van der Waals surface area contributed by atoms with Crippen LogP contribution in [0.4, 0.5) is 0 Å². The fourth-order valence-electron chi connectivity index (χ4n) is 3.70. The van der Waals surface area contributed by atoms with Gasteiger partial charge in [-0.1, -0.05) is 38.8 Å². The van der Waals surface area contributed by atoms with E-state index in [-0.39, 0.29) is 6.04 Å². The molecule has 106 valence electrons. The first-order chi connectivity index (χ1) is 9.07. The quantitative estimate of drug-likeness (QED) is 0.857.